The molecule has 2 aromatic rings. The number of thiazole rings is 1. The molecule has 2 aromatic heterocycles. The number of nitrogen functional groups attached to an aromatic ring is 1. The predicted octanol–water partition coefficient (Wildman–Crippen LogP) is 2.59. The van der Waals surface area contributed by atoms with Crippen molar-refractivity contribution in [3.8, 4) is 0 Å². The standard InChI is InChI=1S/C12H13N3O2S2/c1-2-17-12(16)11-15-9(7-19-11)6-18-10-4-3-8(13)5-14-10/h3-5,7H,2,6,13H2,1H3. The summed E-state index contributed by atoms with van der Waals surface area (Å²) in [5.41, 5.74) is 7.05. The van der Waals surface area contributed by atoms with E-state index in [1.165, 1.54) is 11.3 Å². The minimum atomic E-state index is -0.366. The molecule has 0 aliphatic heterocycles. The van der Waals surface area contributed by atoms with Crippen LogP contribution in [0.2, 0.25) is 0 Å². The van der Waals surface area contributed by atoms with Crippen LogP contribution in [0, 0.1) is 0 Å². The van der Waals surface area contributed by atoms with Crippen molar-refractivity contribution in [3.63, 3.8) is 0 Å². The number of carbonyl (C=O) groups is 1. The Bertz CT molecular complexity index is 554. The predicted molar refractivity (Wildman–Crippen MR) is 76.3 cm³/mol. The first kappa shape index (κ1) is 13.8. The SMILES string of the molecule is CCOC(=O)c1nc(CSc2ccc(N)cn2)cs1. The molecule has 0 bridgehead atoms. The number of esters is 1. The molecule has 0 aliphatic carbocycles. The van der Waals surface area contributed by atoms with Gasteiger partial charge in [0.25, 0.3) is 0 Å². The number of hydrogen-bond acceptors (Lipinski definition) is 7. The van der Waals surface area contributed by atoms with Gasteiger partial charge in [-0.15, -0.1) is 23.1 Å². The molecule has 7 heteroatoms. The number of thioether (sulfide) groups is 1. The maximum atomic E-state index is 11.5. The molecule has 19 heavy (non-hydrogen) atoms. The van der Waals surface area contributed by atoms with Crippen molar-refractivity contribution < 1.29 is 9.53 Å². The van der Waals surface area contributed by atoms with Crippen LogP contribution in [0.25, 0.3) is 0 Å². The summed E-state index contributed by atoms with van der Waals surface area (Å²) in [4.78, 5) is 19.9. The van der Waals surface area contributed by atoms with Crippen molar-refractivity contribution in [2.45, 2.75) is 17.7 Å². The normalized spacial score (nSPS) is 10.4. The van der Waals surface area contributed by atoms with Crippen LogP contribution in [-0.4, -0.2) is 22.5 Å². The van der Waals surface area contributed by atoms with E-state index in [1.807, 2.05) is 11.4 Å². The molecule has 0 aromatic carbocycles. The molecular formula is C12H13N3O2S2. The fraction of sp³-hybridized carbons (Fsp3) is 0.250. The van der Waals surface area contributed by atoms with Crippen molar-refractivity contribution in [1.29, 1.82) is 0 Å². The highest BCUT2D eigenvalue weighted by atomic mass is 32.2. The van der Waals surface area contributed by atoms with Gasteiger partial charge in [-0.3, -0.25) is 0 Å². The van der Waals surface area contributed by atoms with Crippen molar-refractivity contribution in [2.24, 2.45) is 0 Å². The van der Waals surface area contributed by atoms with Gasteiger partial charge in [0.2, 0.25) is 5.01 Å². The molecule has 0 saturated carbocycles. The number of nitrogens with two attached hydrogens (primary N) is 1. The average Bonchev–Trinajstić information content (AvgIpc) is 2.87. The molecule has 0 aliphatic rings. The van der Waals surface area contributed by atoms with Crippen molar-refractivity contribution in [2.75, 3.05) is 12.3 Å². The molecule has 2 heterocycles. The highest BCUT2D eigenvalue weighted by Gasteiger charge is 2.12. The second kappa shape index (κ2) is 6.53. The van der Waals surface area contributed by atoms with Gasteiger partial charge in [-0.1, -0.05) is 0 Å². The number of pyridine rings is 1. The summed E-state index contributed by atoms with van der Waals surface area (Å²) < 4.78 is 4.89. The number of rotatable bonds is 5. The third-order valence-corrected chi connectivity index (χ3v) is 3.98. The molecule has 0 spiro atoms. The van der Waals surface area contributed by atoms with Crippen LogP contribution in [0.15, 0.2) is 28.7 Å². The van der Waals surface area contributed by atoms with Crippen LogP contribution in [0.1, 0.15) is 22.4 Å². The van der Waals surface area contributed by atoms with Gasteiger partial charge < -0.3 is 10.5 Å². The maximum absolute atomic E-state index is 11.5. The van der Waals surface area contributed by atoms with E-state index < -0.39 is 0 Å². The van der Waals surface area contributed by atoms with Crippen LogP contribution >= 0.6 is 23.1 Å². The van der Waals surface area contributed by atoms with Gasteiger partial charge in [0.15, 0.2) is 0 Å². The third-order valence-electron chi connectivity index (χ3n) is 2.13. The van der Waals surface area contributed by atoms with Crippen LogP contribution in [0.4, 0.5) is 5.69 Å². The largest absolute Gasteiger partial charge is 0.461 e. The van der Waals surface area contributed by atoms with Gasteiger partial charge in [-0.25, -0.2) is 14.8 Å². The third kappa shape index (κ3) is 3.93. The number of nitrogens with zero attached hydrogens (tertiary/aromatic N) is 2. The van der Waals surface area contributed by atoms with E-state index in [2.05, 4.69) is 9.97 Å². The van der Waals surface area contributed by atoms with E-state index >= 15 is 0 Å². The number of ether oxygens (including phenoxy) is 1. The van der Waals surface area contributed by atoms with Crippen LogP contribution in [-0.2, 0) is 10.5 Å². The van der Waals surface area contributed by atoms with Gasteiger partial charge in [0, 0.05) is 11.1 Å². The van der Waals surface area contributed by atoms with E-state index in [0.29, 0.717) is 23.1 Å². The summed E-state index contributed by atoms with van der Waals surface area (Å²) in [6.07, 6.45) is 1.62. The molecule has 100 valence electrons. The first-order valence-corrected chi connectivity index (χ1v) is 7.51. The summed E-state index contributed by atoms with van der Waals surface area (Å²) >= 11 is 2.84. The Balaban J connectivity index is 1.93. The highest BCUT2D eigenvalue weighted by molar-refractivity contribution is 7.98. The number of carbonyl (C=O) groups excluding carboxylic acids is 1. The molecule has 0 atom stereocenters. The fourth-order valence-corrected chi connectivity index (χ4v) is 2.83. The Morgan fingerprint density at radius 2 is 2.37 bits per heavy atom. The highest BCUT2D eigenvalue weighted by Crippen LogP contribution is 2.22. The summed E-state index contributed by atoms with van der Waals surface area (Å²) in [6, 6.07) is 3.67. The second-order valence-corrected chi connectivity index (χ2v) is 5.44. The first-order chi connectivity index (χ1) is 9.19. The molecule has 0 saturated heterocycles. The van der Waals surface area contributed by atoms with Gasteiger partial charge in [-0.2, -0.15) is 0 Å². The van der Waals surface area contributed by atoms with Crippen molar-refractivity contribution in [3.05, 3.63) is 34.4 Å². The van der Waals surface area contributed by atoms with E-state index in [-0.39, 0.29) is 5.97 Å². The number of hydrogen-bond donors (Lipinski definition) is 1. The minimum Gasteiger partial charge on any atom is -0.461 e. The van der Waals surface area contributed by atoms with Crippen molar-refractivity contribution in [1.82, 2.24) is 9.97 Å². The first-order valence-electron chi connectivity index (χ1n) is 5.65. The lowest BCUT2D eigenvalue weighted by molar-refractivity contribution is 0.0525. The van der Waals surface area contributed by atoms with E-state index in [9.17, 15) is 4.79 Å². The summed E-state index contributed by atoms with van der Waals surface area (Å²) in [5.74, 6) is 0.293. The summed E-state index contributed by atoms with van der Waals surface area (Å²) in [5, 5.41) is 3.12. The van der Waals surface area contributed by atoms with Gasteiger partial charge in [0.1, 0.15) is 0 Å². The lowest BCUT2D eigenvalue weighted by Gasteiger charge is -1.99. The number of anilines is 1. The minimum absolute atomic E-state index is 0.359. The molecule has 0 unspecified atom stereocenters. The average molecular weight is 295 g/mol. The van der Waals surface area contributed by atoms with Crippen LogP contribution in [0.3, 0.4) is 0 Å². The van der Waals surface area contributed by atoms with Gasteiger partial charge in [0.05, 0.1) is 29.2 Å². The molecule has 2 N–H and O–H groups in total. The molecule has 5 nitrogen and oxygen atoms in total. The fourth-order valence-electron chi connectivity index (χ4n) is 1.28. The van der Waals surface area contributed by atoms with E-state index in [0.717, 1.165) is 10.7 Å². The molecule has 0 amide bonds. The lowest BCUT2D eigenvalue weighted by Crippen LogP contribution is -2.03. The van der Waals surface area contributed by atoms with Crippen LogP contribution in [0.5, 0.6) is 0 Å². The zero-order valence-corrected chi connectivity index (χ0v) is 12.0. The molecule has 0 fully saturated rings. The quantitative estimate of drug-likeness (QED) is 0.675. The monoisotopic (exact) mass is 295 g/mol. The second-order valence-electron chi connectivity index (χ2n) is 3.58. The lowest BCUT2D eigenvalue weighted by atomic mass is 10.4. The Morgan fingerprint density at radius 3 is 3.05 bits per heavy atom. The maximum Gasteiger partial charge on any atom is 0.367 e. The zero-order chi connectivity index (χ0) is 13.7. The van der Waals surface area contributed by atoms with Gasteiger partial charge >= 0.3 is 5.97 Å². The summed E-state index contributed by atoms with van der Waals surface area (Å²) in [6.45, 7) is 2.13. The van der Waals surface area contributed by atoms with E-state index in [1.54, 1.807) is 30.9 Å². The molecule has 2 rings (SSSR count). The molecular weight excluding hydrogens is 282 g/mol. The Hall–Kier alpha value is -1.60. The van der Waals surface area contributed by atoms with Crippen molar-refractivity contribution >= 4 is 34.8 Å². The Morgan fingerprint density at radius 1 is 1.53 bits per heavy atom. The smallest absolute Gasteiger partial charge is 0.367 e. The van der Waals surface area contributed by atoms with E-state index in [4.69, 9.17) is 10.5 Å². The number of aromatic nitrogens is 2. The Labute approximate surface area is 119 Å². The summed E-state index contributed by atoms with van der Waals surface area (Å²) in [7, 11) is 0. The Kier molecular flexibility index (Phi) is 4.75. The van der Waals surface area contributed by atoms with Gasteiger partial charge in [-0.05, 0) is 19.1 Å². The zero-order valence-electron chi connectivity index (χ0n) is 10.3. The molecule has 0 radical (unpaired) electrons. The topological polar surface area (TPSA) is 78.1 Å². The van der Waals surface area contributed by atoms with Crippen LogP contribution < -0.4 is 5.73 Å².